The lowest BCUT2D eigenvalue weighted by Crippen LogP contribution is -2.43. The van der Waals surface area contributed by atoms with E-state index >= 15 is 0 Å². The van der Waals surface area contributed by atoms with Crippen molar-refractivity contribution in [3.05, 3.63) is 62.5 Å². The van der Waals surface area contributed by atoms with E-state index in [2.05, 4.69) is 10.3 Å². The minimum Gasteiger partial charge on any atom is -0.468 e. The molecule has 1 saturated carbocycles. The van der Waals surface area contributed by atoms with E-state index in [4.69, 9.17) is 30.8 Å². The number of benzene rings is 1. The Morgan fingerprint density at radius 3 is 2.60 bits per heavy atom. The molecule has 3 aliphatic rings. The zero-order valence-corrected chi connectivity index (χ0v) is 26.2. The van der Waals surface area contributed by atoms with E-state index in [0.29, 0.717) is 35.1 Å². The van der Waals surface area contributed by atoms with Gasteiger partial charge in [0.1, 0.15) is 17.9 Å². The second kappa shape index (κ2) is 12.0. The van der Waals surface area contributed by atoms with Gasteiger partial charge in [-0.3, -0.25) is 19.5 Å². The van der Waals surface area contributed by atoms with Gasteiger partial charge in [0.2, 0.25) is 0 Å². The van der Waals surface area contributed by atoms with Crippen LogP contribution in [0.5, 0.6) is 0 Å². The van der Waals surface area contributed by atoms with E-state index in [0.717, 1.165) is 6.42 Å². The number of nitrogens with zero attached hydrogens (tertiary/aromatic N) is 3. The van der Waals surface area contributed by atoms with Gasteiger partial charge < -0.3 is 19.5 Å². The Bertz CT molecular complexity index is 1490. The molecule has 3 heterocycles. The van der Waals surface area contributed by atoms with Gasteiger partial charge in [-0.2, -0.15) is 0 Å². The van der Waals surface area contributed by atoms with E-state index in [1.54, 1.807) is 11.6 Å². The van der Waals surface area contributed by atoms with Gasteiger partial charge in [0.15, 0.2) is 10.8 Å². The van der Waals surface area contributed by atoms with Crippen molar-refractivity contribution in [1.29, 1.82) is 0 Å². The van der Waals surface area contributed by atoms with Gasteiger partial charge in [-0.05, 0) is 51.2 Å². The molecule has 2 fully saturated rings. The lowest BCUT2D eigenvalue weighted by Gasteiger charge is -2.31. The van der Waals surface area contributed by atoms with E-state index in [-0.39, 0.29) is 41.0 Å². The highest BCUT2D eigenvalue weighted by molar-refractivity contribution is 7.11. The summed E-state index contributed by atoms with van der Waals surface area (Å²) in [6.45, 7) is 6.38. The third-order valence-electron chi connectivity index (χ3n) is 8.20. The molecule has 43 heavy (non-hydrogen) atoms. The number of nitrogens with one attached hydrogen (secondary N) is 1. The summed E-state index contributed by atoms with van der Waals surface area (Å²) in [5, 5.41) is 5.75. The van der Waals surface area contributed by atoms with Gasteiger partial charge >= 0.3 is 17.9 Å². The van der Waals surface area contributed by atoms with Crippen molar-refractivity contribution in [3.8, 4) is 0 Å². The van der Waals surface area contributed by atoms with Crippen LogP contribution in [0.1, 0.15) is 50.2 Å². The fourth-order valence-corrected chi connectivity index (χ4v) is 6.66. The van der Waals surface area contributed by atoms with Crippen LogP contribution in [0.15, 0.2) is 46.0 Å². The van der Waals surface area contributed by atoms with Crippen LogP contribution >= 0.6 is 22.9 Å². The molecule has 2 aliphatic heterocycles. The van der Waals surface area contributed by atoms with Crippen LogP contribution in [-0.4, -0.2) is 73.6 Å². The Hall–Kier alpha value is -3.35. The fourth-order valence-electron chi connectivity index (χ4n) is 5.80. The molecule has 1 aromatic heterocycles. The topological polar surface area (TPSA) is 119 Å². The number of hydrogen-bond acceptors (Lipinski definition) is 11. The second-order valence-corrected chi connectivity index (χ2v) is 13.5. The quantitative estimate of drug-likeness (QED) is 0.336. The Morgan fingerprint density at radius 2 is 1.98 bits per heavy atom. The van der Waals surface area contributed by atoms with Crippen molar-refractivity contribution >= 4 is 46.7 Å². The molecule has 0 bridgehead atoms. The highest BCUT2D eigenvalue weighted by Crippen LogP contribution is 2.60. The first-order valence-electron chi connectivity index (χ1n) is 13.9. The molecule has 10 nitrogen and oxygen atoms in total. The highest BCUT2D eigenvalue weighted by atomic mass is 35.5. The lowest BCUT2D eigenvalue weighted by molar-refractivity contribution is -0.153. The number of carbonyl (C=O) groups is 3. The minimum atomic E-state index is -0.922. The van der Waals surface area contributed by atoms with Crippen LogP contribution in [-0.2, 0) is 28.6 Å². The van der Waals surface area contributed by atoms with Gasteiger partial charge in [-0.1, -0.05) is 17.7 Å². The number of hydrogen-bond donors (Lipinski definition) is 1. The third-order valence-corrected chi connectivity index (χ3v) is 9.31. The zero-order valence-electron chi connectivity index (χ0n) is 24.6. The maximum absolute atomic E-state index is 14.0. The Morgan fingerprint density at radius 1 is 1.21 bits per heavy atom. The van der Waals surface area contributed by atoms with E-state index in [1.807, 2.05) is 25.7 Å². The van der Waals surface area contributed by atoms with Crippen molar-refractivity contribution in [2.24, 2.45) is 21.7 Å². The predicted molar refractivity (Wildman–Crippen MR) is 158 cm³/mol. The summed E-state index contributed by atoms with van der Waals surface area (Å²) in [6, 6.07) is 2.41. The van der Waals surface area contributed by atoms with Crippen LogP contribution in [0.3, 0.4) is 0 Å². The molecular formula is C30H34ClFN4O6S. The highest BCUT2D eigenvalue weighted by Gasteiger charge is 2.62. The lowest BCUT2D eigenvalue weighted by atomic mass is 9.95. The van der Waals surface area contributed by atoms with E-state index in [1.165, 1.54) is 43.8 Å². The van der Waals surface area contributed by atoms with Crippen molar-refractivity contribution < 1.29 is 33.0 Å². The van der Waals surface area contributed by atoms with Crippen molar-refractivity contribution in [2.45, 2.75) is 45.7 Å². The first-order valence-corrected chi connectivity index (χ1v) is 15.1. The number of rotatable bonds is 8. The first-order chi connectivity index (χ1) is 20.4. The number of carbonyl (C=O) groups excluding carboxylic acids is 3. The molecule has 1 N–H and O–H groups in total. The molecule has 2 aromatic rings. The smallest absolute Gasteiger partial charge is 0.338 e. The number of ether oxygens (including phenoxy) is 3. The third kappa shape index (κ3) is 6.32. The summed E-state index contributed by atoms with van der Waals surface area (Å²) in [7, 11) is 2.62. The molecule has 5 rings (SSSR count). The van der Waals surface area contributed by atoms with Crippen molar-refractivity contribution in [1.82, 2.24) is 15.2 Å². The Balaban J connectivity index is 1.49. The predicted octanol–water partition coefficient (Wildman–Crippen LogP) is 4.30. The summed E-state index contributed by atoms with van der Waals surface area (Å²) in [6.07, 6.45) is 2.96. The molecule has 1 aliphatic carbocycles. The number of esters is 3. The van der Waals surface area contributed by atoms with Gasteiger partial charge in [0.25, 0.3) is 0 Å². The molecule has 3 unspecified atom stereocenters. The molecule has 0 radical (unpaired) electrons. The maximum atomic E-state index is 14.0. The molecule has 1 saturated heterocycles. The monoisotopic (exact) mass is 632 g/mol. The molecular weight excluding hydrogens is 599 g/mol. The second-order valence-electron chi connectivity index (χ2n) is 12.2. The van der Waals surface area contributed by atoms with Crippen LogP contribution in [0, 0.1) is 22.6 Å². The van der Waals surface area contributed by atoms with Gasteiger partial charge in [0.05, 0.1) is 31.8 Å². The number of aliphatic imine (C=N–C) groups is 1. The normalized spacial score (nSPS) is 25.3. The number of halogens is 2. The fraction of sp³-hybridized carbons (Fsp3) is 0.500. The van der Waals surface area contributed by atoms with Gasteiger partial charge in [-0.15, -0.1) is 11.3 Å². The SMILES string of the molecule is COC(=O)C1=C(CN2CC3(CC2C(=O)OC)C[C@@H]3COC(=O)C(C)(C)C)NC(c2nccs2)=NC1c1ccc(F)cc1Cl. The first kappa shape index (κ1) is 31.1. The van der Waals surface area contributed by atoms with E-state index < -0.39 is 35.3 Å². The van der Waals surface area contributed by atoms with E-state index in [9.17, 15) is 18.8 Å². The molecule has 1 aromatic carbocycles. The number of methoxy groups -OCH3 is 2. The summed E-state index contributed by atoms with van der Waals surface area (Å²) < 4.78 is 29.9. The zero-order chi connectivity index (χ0) is 31.1. The molecule has 4 atom stereocenters. The molecule has 13 heteroatoms. The van der Waals surface area contributed by atoms with Gasteiger partial charge in [-0.25, -0.2) is 14.2 Å². The van der Waals surface area contributed by atoms with Crippen molar-refractivity contribution in [3.63, 3.8) is 0 Å². The van der Waals surface area contributed by atoms with Crippen LogP contribution < -0.4 is 5.32 Å². The average molecular weight is 633 g/mol. The summed E-state index contributed by atoms with van der Waals surface area (Å²) in [5.74, 6) is -1.32. The largest absolute Gasteiger partial charge is 0.468 e. The van der Waals surface area contributed by atoms with Gasteiger partial charge in [0, 0.05) is 46.9 Å². The number of amidine groups is 1. The standard InChI is InChI=1S/C30H34ClFN4O6S/c1-29(2,3)28(39)42-14-16-11-30(16)12-21(26(37)40-4)36(15-30)13-20-22(27(38)41-5)23(18-7-6-17(32)10-19(18)31)35-24(34-20)25-33-8-9-43-25/h6-10,16,21,23H,11-15H2,1-5H3,(H,34,35)/t16-,21?,23?,30?/m1/s1. The summed E-state index contributed by atoms with van der Waals surface area (Å²) in [5.41, 5.74) is 0.223. The number of likely N-dealkylation sites (tertiary alicyclic amines) is 1. The maximum Gasteiger partial charge on any atom is 0.338 e. The number of thiazole rings is 1. The van der Waals surface area contributed by atoms with Crippen LogP contribution in [0.2, 0.25) is 5.02 Å². The summed E-state index contributed by atoms with van der Waals surface area (Å²) in [4.78, 5) is 49.8. The molecule has 1 spiro atoms. The number of aromatic nitrogens is 1. The molecule has 230 valence electrons. The average Bonchev–Trinajstić information content (AvgIpc) is 3.27. The van der Waals surface area contributed by atoms with Crippen LogP contribution in [0.4, 0.5) is 4.39 Å². The Labute approximate surface area is 258 Å². The van der Waals surface area contributed by atoms with Crippen molar-refractivity contribution in [2.75, 3.05) is 33.9 Å². The summed E-state index contributed by atoms with van der Waals surface area (Å²) >= 11 is 7.82. The Kier molecular flexibility index (Phi) is 8.65. The van der Waals surface area contributed by atoms with Crippen LogP contribution in [0.25, 0.3) is 0 Å². The minimum absolute atomic E-state index is 0.0996. The molecule has 0 amide bonds.